The van der Waals surface area contributed by atoms with Gasteiger partial charge in [0.05, 0.1) is 6.54 Å². The molecule has 1 N–H and O–H groups in total. The van der Waals surface area contributed by atoms with Crippen molar-refractivity contribution in [3.8, 4) is 0 Å². The van der Waals surface area contributed by atoms with Crippen LogP contribution in [0.25, 0.3) is 0 Å². The van der Waals surface area contributed by atoms with Crippen LogP contribution in [0.2, 0.25) is 0 Å². The standard InChI is InChI=1S/C12H22N4O/c1-3-4-12-14-11(15-17-12)9-16-6-5-10(8-16)7-13-2/h10,13H,3-9H2,1-2H3. The fourth-order valence-electron chi connectivity index (χ4n) is 2.38. The van der Waals surface area contributed by atoms with Gasteiger partial charge in [0.25, 0.3) is 0 Å². The lowest BCUT2D eigenvalue weighted by Gasteiger charge is -2.13. The van der Waals surface area contributed by atoms with Crippen molar-refractivity contribution in [1.82, 2.24) is 20.4 Å². The molecule has 0 aliphatic carbocycles. The van der Waals surface area contributed by atoms with Crippen LogP contribution in [0.4, 0.5) is 0 Å². The molecule has 1 saturated heterocycles. The average Bonchev–Trinajstić information content (AvgIpc) is 2.91. The molecule has 1 fully saturated rings. The van der Waals surface area contributed by atoms with Gasteiger partial charge >= 0.3 is 0 Å². The smallest absolute Gasteiger partial charge is 0.226 e. The molecule has 1 aromatic rings. The van der Waals surface area contributed by atoms with Gasteiger partial charge in [-0.15, -0.1) is 0 Å². The molecule has 0 saturated carbocycles. The van der Waals surface area contributed by atoms with Crippen LogP contribution < -0.4 is 5.32 Å². The first kappa shape index (κ1) is 12.5. The van der Waals surface area contributed by atoms with Gasteiger partial charge in [0, 0.05) is 13.0 Å². The average molecular weight is 238 g/mol. The molecule has 0 amide bonds. The normalized spacial score (nSPS) is 21.2. The second kappa shape index (κ2) is 6.12. The van der Waals surface area contributed by atoms with E-state index in [1.807, 2.05) is 7.05 Å². The summed E-state index contributed by atoms with van der Waals surface area (Å²) in [5.41, 5.74) is 0. The topological polar surface area (TPSA) is 54.2 Å². The SMILES string of the molecule is CCCc1nc(CN2CCC(CNC)C2)no1. The van der Waals surface area contributed by atoms with E-state index >= 15 is 0 Å². The summed E-state index contributed by atoms with van der Waals surface area (Å²) in [5, 5.41) is 7.26. The predicted octanol–water partition coefficient (Wildman–Crippen LogP) is 1.06. The molecule has 1 atom stereocenters. The lowest BCUT2D eigenvalue weighted by atomic mass is 10.1. The molecule has 17 heavy (non-hydrogen) atoms. The highest BCUT2D eigenvalue weighted by molar-refractivity contribution is 4.88. The number of likely N-dealkylation sites (tertiary alicyclic amines) is 1. The molecule has 1 aliphatic heterocycles. The Kier molecular flexibility index (Phi) is 4.50. The Labute approximate surface area is 103 Å². The number of nitrogens with zero attached hydrogens (tertiary/aromatic N) is 3. The highest BCUT2D eigenvalue weighted by Crippen LogP contribution is 2.17. The number of aryl methyl sites for hydroxylation is 1. The van der Waals surface area contributed by atoms with E-state index in [4.69, 9.17) is 4.52 Å². The Bertz CT molecular complexity index is 339. The van der Waals surface area contributed by atoms with E-state index in [2.05, 4.69) is 27.3 Å². The number of aromatic nitrogens is 2. The Hall–Kier alpha value is -0.940. The molecule has 0 aromatic carbocycles. The molecule has 1 aliphatic rings. The van der Waals surface area contributed by atoms with Gasteiger partial charge in [-0.25, -0.2) is 0 Å². The quantitative estimate of drug-likeness (QED) is 0.803. The van der Waals surface area contributed by atoms with E-state index in [1.165, 1.54) is 6.42 Å². The zero-order valence-electron chi connectivity index (χ0n) is 10.8. The van der Waals surface area contributed by atoms with Gasteiger partial charge in [0.15, 0.2) is 5.82 Å². The second-order valence-corrected chi connectivity index (χ2v) is 4.80. The van der Waals surface area contributed by atoms with Crippen molar-refractivity contribution < 1.29 is 4.52 Å². The summed E-state index contributed by atoms with van der Waals surface area (Å²) < 4.78 is 5.19. The summed E-state index contributed by atoms with van der Waals surface area (Å²) in [6.07, 6.45) is 3.20. The van der Waals surface area contributed by atoms with E-state index < -0.39 is 0 Å². The van der Waals surface area contributed by atoms with E-state index in [0.717, 1.165) is 56.7 Å². The molecule has 2 rings (SSSR count). The van der Waals surface area contributed by atoms with Crippen molar-refractivity contribution in [2.45, 2.75) is 32.7 Å². The monoisotopic (exact) mass is 238 g/mol. The minimum Gasteiger partial charge on any atom is -0.339 e. The first-order chi connectivity index (χ1) is 8.31. The van der Waals surface area contributed by atoms with Crippen molar-refractivity contribution in [2.24, 2.45) is 5.92 Å². The Morgan fingerprint density at radius 3 is 3.18 bits per heavy atom. The van der Waals surface area contributed by atoms with Crippen molar-refractivity contribution in [1.29, 1.82) is 0 Å². The van der Waals surface area contributed by atoms with Crippen molar-refractivity contribution >= 4 is 0 Å². The van der Waals surface area contributed by atoms with Gasteiger partial charge in [0.2, 0.25) is 5.89 Å². The molecule has 0 radical (unpaired) electrons. The Balaban J connectivity index is 1.80. The minimum atomic E-state index is 0.766. The molecular weight excluding hydrogens is 216 g/mol. The molecule has 5 nitrogen and oxygen atoms in total. The second-order valence-electron chi connectivity index (χ2n) is 4.80. The predicted molar refractivity (Wildman–Crippen MR) is 65.6 cm³/mol. The lowest BCUT2D eigenvalue weighted by molar-refractivity contribution is 0.297. The fourth-order valence-corrected chi connectivity index (χ4v) is 2.38. The fraction of sp³-hybridized carbons (Fsp3) is 0.833. The highest BCUT2D eigenvalue weighted by Gasteiger charge is 2.23. The Morgan fingerprint density at radius 1 is 1.53 bits per heavy atom. The summed E-state index contributed by atoms with van der Waals surface area (Å²) in [4.78, 5) is 6.80. The van der Waals surface area contributed by atoms with Crippen LogP contribution in [0.3, 0.4) is 0 Å². The van der Waals surface area contributed by atoms with Crippen LogP contribution in [0.1, 0.15) is 31.5 Å². The molecule has 5 heteroatoms. The number of rotatable bonds is 6. The molecule has 96 valence electrons. The molecule has 0 spiro atoms. The van der Waals surface area contributed by atoms with Crippen molar-refractivity contribution in [3.63, 3.8) is 0 Å². The maximum absolute atomic E-state index is 5.19. The van der Waals surface area contributed by atoms with Gasteiger partial charge in [0.1, 0.15) is 0 Å². The number of nitrogens with one attached hydrogen (secondary N) is 1. The minimum absolute atomic E-state index is 0.766. The van der Waals surface area contributed by atoms with E-state index in [-0.39, 0.29) is 0 Å². The van der Waals surface area contributed by atoms with Crippen LogP contribution in [0.15, 0.2) is 4.52 Å². The van der Waals surface area contributed by atoms with Crippen LogP contribution in [0, 0.1) is 5.92 Å². The van der Waals surface area contributed by atoms with Crippen molar-refractivity contribution in [2.75, 3.05) is 26.7 Å². The molecule has 1 aromatic heterocycles. The molecule has 0 bridgehead atoms. The third kappa shape index (κ3) is 3.51. The zero-order valence-corrected chi connectivity index (χ0v) is 10.8. The van der Waals surface area contributed by atoms with Gasteiger partial charge in [-0.1, -0.05) is 12.1 Å². The number of hydrogen-bond acceptors (Lipinski definition) is 5. The highest BCUT2D eigenvalue weighted by atomic mass is 16.5. The molecule has 1 unspecified atom stereocenters. The van der Waals surface area contributed by atoms with E-state index in [1.54, 1.807) is 0 Å². The van der Waals surface area contributed by atoms with Gasteiger partial charge in [-0.05, 0) is 38.9 Å². The summed E-state index contributed by atoms with van der Waals surface area (Å²) in [5.74, 6) is 2.37. The summed E-state index contributed by atoms with van der Waals surface area (Å²) in [6, 6.07) is 0. The lowest BCUT2D eigenvalue weighted by Crippen LogP contribution is -2.24. The number of hydrogen-bond donors (Lipinski definition) is 1. The van der Waals surface area contributed by atoms with E-state index in [9.17, 15) is 0 Å². The summed E-state index contributed by atoms with van der Waals surface area (Å²) in [6.45, 7) is 6.33. The van der Waals surface area contributed by atoms with Gasteiger partial charge in [-0.2, -0.15) is 4.98 Å². The van der Waals surface area contributed by atoms with Gasteiger partial charge in [-0.3, -0.25) is 4.90 Å². The van der Waals surface area contributed by atoms with Crippen LogP contribution >= 0.6 is 0 Å². The van der Waals surface area contributed by atoms with E-state index in [0.29, 0.717) is 0 Å². The first-order valence-electron chi connectivity index (χ1n) is 6.50. The maximum atomic E-state index is 5.19. The first-order valence-corrected chi connectivity index (χ1v) is 6.50. The van der Waals surface area contributed by atoms with Crippen LogP contribution in [-0.2, 0) is 13.0 Å². The largest absolute Gasteiger partial charge is 0.339 e. The third-order valence-corrected chi connectivity index (χ3v) is 3.20. The van der Waals surface area contributed by atoms with Gasteiger partial charge < -0.3 is 9.84 Å². The molecular formula is C12H22N4O. The van der Waals surface area contributed by atoms with Crippen molar-refractivity contribution in [3.05, 3.63) is 11.7 Å². The summed E-state index contributed by atoms with van der Waals surface area (Å²) >= 11 is 0. The zero-order chi connectivity index (χ0) is 12.1. The maximum Gasteiger partial charge on any atom is 0.226 e. The van der Waals surface area contributed by atoms with Crippen LogP contribution in [-0.4, -0.2) is 41.7 Å². The molecule has 2 heterocycles. The summed E-state index contributed by atoms with van der Waals surface area (Å²) in [7, 11) is 2.01. The van der Waals surface area contributed by atoms with Crippen LogP contribution in [0.5, 0.6) is 0 Å². The third-order valence-electron chi connectivity index (χ3n) is 3.20. The Morgan fingerprint density at radius 2 is 2.41 bits per heavy atom.